The van der Waals surface area contributed by atoms with Crippen LogP contribution in [-0.4, -0.2) is 22.7 Å². The van der Waals surface area contributed by atoms with Gasteiger partial charge in [0.25, 0.3) is 0 Å². The molecule has 1 aromatic carbocycles. The van der Waals surface area contributed by atoms with E-state index < -0.39 is 0 Å². The molecule has 2 aromatic rings. The summed E-state index contributed by atoms with van der Waals surface area (Å²) in [6, 6.07) is 9.64. The maximum Gasteiger partial charge on any atom is 0.224 e. The van der Waals surface area contributed by atoms with Crippen molar-refractivity contribution in [2.24, 2.45) is 7.05 Å². The predicted molar refractivity (Wildman–Crippen MR) is 76.3 cm³/mol. The normalized spacial score (nSPS) is 10.1. The molecule has 1 amide bonds. The largest absolute Gasteiger partial charge is 0.298 e. The van der Waals surface area contributed by atoms with Crippen molar-refractivity contribution in [3.05, 3.63) is 47.2 Å². The monoisotopic (exact) mass is 268 g/mol. The highest BCUT2D eigenvalue weighted by atomic mass is 16.2. The lowest BCUT2D eigenvalue weighted by atomic mass is 10.0. The van der Waals surface area contributed by atoms with Crippen molar-refractivity contribution >= 4 is 11.7 Å². The molecule has 0 aliphatic rings. The number of anilines is 1. The third-order valence-electron chi connectivity index (χ3n) is 3.19. The molecule has 0 aliphatic carbocycles. The van der Waals surface area contributed by atoms with Gasteiger partial charge in [-0.25, -0.2) is 0 Å². The van der Waals surface area contributed by atoms with Crippen LogP contribution in [0.15, 0.2) is 30.5 Å². The summed E-state index contributed by atoms with van der Waals surface area (Å²) >= 11 is 0. The summed E-state index contributed by atoms with van der Waals surface area (Å²) in [4.78, 5) is 13.0. The molecule has 0 spiro atoms. The third kappa shape index (κ3) is 2.69. The second-order valence-corrected chi connectivity index (χ2v) is 4.68. The average molecular weight is 268 g/mol. The van der Waals surface area contributed by atoms with Gasteiger partial charge in [-0.1, -0.05) is 18.2 Å². The van der Waals surface area contributed by atoms with Crippen molar-refractivity contribution in [2.75, 3.05) is 11.9 Å². The van der Waals surface area contributed by atoms with Gasteiger partial charge in [0.1, 0.15) is 0 Å². The van der Waals surface area contributed by atoms with Gasteiger partial charge in [-0.05, 0) is 11.6 Å². The van der Waals surface area contributed by atoms with E-state index >= 15 is 0 Å². The molecule has 102 valence electrons. The molecule has 0 N–H and O–H groups in total. The quantitative estimate of drug-likeness (QED) is 0.853. The number of benzene rings is 1. The molecule has 0 bridgehead atoms. The van der Waals surface area contributed by atoms with Gasteiger partial charge in [0.2, 0.25) is 5.91 Å². The van der Waals surface area contributed by atoms with E-state index in [1.165, 1.54) is 11.8 Å². The smallest absolute Gasteiger partial charge is 0.224 e. The first-order valence-electron chi connectivity index (χ1n) is 6.27. The summed E-state index contributed by atoms with van der Waals surface area (Å²) < 4.78 is 1.68. The summed E-state index contributed by atoms with van der Waals surface area (Å²) in [5, 5.41) is 13.5. The van der Waals surface area contributed by atoms with E-state index in [9.17, 15) is 4.79 Å². The van der Waals surface area contributed by atoms with Crippen LogP contribution >= 0.6 is 0 Å². The Morgan fingerprint density at radius 2 is 2.10 bits per heavy atom. The van der Waals surface area contributed by atoms with Crippen molar-refractivity contribution in [3.63, 3.8) is 0 Å². The summed E-state index contributed by atoms with van der Waals surface area (Å²) in [6.07, 6.45) is 2.45. The number of carbonyl (C=O) groups is 1. The van der Waals surface area contributed by atoms with E-state index in [2.05, 4.69) is 11.2 Å². The van der Waals surface area contributed by atoms with Crippen LogP contribution in [0.3, 0.4) is 0 Å². The Balaban J connectivity index is 2.39. The first-order chi connectivity index (χ1) is 9.52. The van der Waals surface area contributed by atoms with Crippen molar-refractivity contribution in [2.45, 2.75) is 13.3 Å². The summed E-state index contributed by atoms with van der Waals surface area (Å²) in [6.45, 7) is 1.50. The standard InChI is InChI=1S/C15H16N4O/c1-11(20)19(3)15-14(10-18(2)17-15)8-12-6-4-5-7-13(12)9-16/h4-7,10H,8H2,1-3H3. The average Bonchev–Trinajstić information content (AvgIpc) is 2.79. The highest BCUT2D eigenvalue weighted by Crippen LogP contribution is 2.22. The predicted octanol–water partition coefficient (Wildman–Crippen LogP) is 1.87. The number of hydrogen-bond acceptors (Lipinski definition) is 3. The molecule has 2 rings (SSSR count). The Morgan fingerprint density at radius 3 is 2.75 bits per heavy atom. The second kappa shape index (κ2) is 5.57. The number of nitrogens with zero attached hydrogens (tertiary/aromatic N) is 4. The van der Waals surface area contributed by atoms with Gasteiger partial charge < -0.3 is 0 Å². The second-order valence-electron chi connectivity index (χ2n) is 4.68. The number of nitriles is 1. The lowest BCUT2D eigenvalue weighted by Gasteiger charge is -2.13. The molecule has 5 nitrogen and oxygen atoms in total. The third-order valence-corrected chi connectivity index (χ3v) is 3.19. The molecular formula is C15H16N4O. The number of aromatic nitrogens is 2. The van der Waals surface area contributed by atoms with Gasteiger partial charge >= 0.3 is 0 Å². The Morgan fingerprint density at radius 1 is 1.40 bits per heavy atom. The molecule has 5 heteroatoms. The highest BCUT2D eigenvalue weighted by Gasteiger charge is 2.16. The topological polar surface area (TPSA) is 61.9 Å². The number of hydrogen-bond donors (Lipinski definition) is 0. The molecule has 1 aromatic heterocycles. The van der Waals surface area contributed by atoms with E-state index in [1.807, 2.05) is 31.4 Å². The van der Waals surface area contributed by atoms with Gasteiger partial charge in [0, 0.05) is 39.2 Å². The minimum Gasteiger partial charge on any atom is -0.298 e. The molecule has 1 heterocycles. The fraction of sp³-hybridized carbons (Fsp3) is 0.267. The van der Waals surface area contributed by atoms with E-state index in [0.29, 0.717) is 17.8 Å². The maximum atomic E-state index is 11.5. The number of carbonyl (C=O) groups excluding carboxylic acids is 1. The molecule has 0 aliphatic heterocycles. The Kier molecular flexibility index (Phi) is 3.85. The molecule has 0 unspecified atom stereocenters. The van der Waals surface area contributed by atoms with Crippen LogP contribution in [0.1, 0.15) is 23.6 Å². The van der Waals surface area contributed by atoms with Gasteiger partial charge in [-0.15, -0.1) is 0 Å². The highest BCUT2D eigenvalue weighted by molar-refractivity contribution is 5.90. The lowest BCUT2D eigenvalue weighted by molar-refractivity contribution is -0.116. The van der Waals surface area contributed by atoms with E-state index in [4.69, 9.17) is 5.26 Å². The van der Waals surface area contributed by atoms with E-state index in [-0.39, 0.29) is 5.91 Å². The van der Waals surface area contributed by atoms with E-state index in [0.717, 1.165) is 11.1 Å². The SMILES string of the molecule is CC(=O)N(C)c1nn(C)cc1Cc1ccccc1C#N. The zero-order chi connectivity index (χ0) is 14.7. The Hall–Kier alpha value is -2.61. The van der Waals surface area contributed by atoms with Crippen LogP contribution in [0, 0.1) is 11.3 Å². The number of rotatable bonds is 3. The van der Waals surface area contributed by atoms with Crippen LogP contribution in [0.25, 0.3) is 0 Å². The Bertz CT molecular complexity index is 681. The zero-order valence-electron chi connectivity index (χ0n) is 11.8. The number of amides is 1. The fourth-order valence-electron chi connectivity index (χ4n) is 2.07. The first-order valence-corrected chi connectivity index (χ1v) is 6.27. The molecule has 0 radical (unpaired) electrons. The molecule has 0 saturated heterocycles. The van der Waals surface area contributed by atoms with Crippen molar-refractivity contribution in [3.8, 4) is 6.07 Å². The van der Waals surface area contributed by atoms with Gasteiger partial charge in [-0.3, -0.25) is 14.4 Å². The molecule has 0 saturated carbocycles. The van der Waals surface area contributed by atoms with Gasteiger partial charge in [0.15, 0.2) is 5.82 Å². The number of aryl methyl sites for hydroxylation is 1. The van der Waals surface area contributed by atoms with Crippen molar-refractivity contribution < 1.29 is 4.79 Å². The van der Waals surface area contributed by atoms with Crippen LogP contribution in [0.4, 0.5) is 5.82 Å². The maximum absolute atomic E-state index is 11.5. The molecule has 0 fully saturated rings. The minimum absolute atomic E-state index is 0.0708. The summed E-state index contributed by atoms with van der Waals surface area (Å²) in [7, 11) is 3.52. The lowest BCUT2D eigenvalue weighted by Crippen LogP contribution is -2.24. The van der Waals surface area contributed by atoms with Gasteiger partial charge in [-0.2, -0.15) is 10.4 Å². The van der Waals surface area contributed by atoms with Crippen molar-refractivity contribution in [1.29, 1.82) is 5.26 Å². The zero-order valence-corrected chi connectivity index (χ0v) is 11.8. The van der Waals surface area contributed by atoms with Gasteiger partial charge in [0.05, 0.1) is 11.6 Å². The van der Waals surface area contributed by atoms with E-state index in [1.54, 1.807) is 17.8 Å². The first kappa shape index (κ1) is 13.8. The summed E-state index contributed by atoms with van der Waals surface area (Å²) in [5.74, 6) is 0.561. The van der Waals surface area contributed by atoms with Crippen molar-refractivity contribution in [1.82, 2.24) is 9.78 Å². The molecular weight excluding hydrogens is 252 g/mol. The van der Waals surface area contributed by atoms with Crippen LogP contribution in [-0.2, 0) is 18.3 Å². The Labute approximate surface area is 118 Å². The van der Waals surface area contributed by atoms with Crippen LogP contribution in [0.5, 0.6) is 0 Å². The summed E-state index contributed by atoms with van der Waals surface area (Å²) in [5.41, 5.74) is 2.50. The minimum atomic E-state index is -0.0708. The molecule has 0 atom stereocenters. The molecule has 20 heavy (non-hydrogen) atoms. The van der Waals surface area contributed by atoms with Crippen LogP contribution in [0.2, 0.25) is 0 Å². The van der Waals surface area contributed by atoms with Crippen LogP contribution < -0.4 is 4.90 Å². The fourth-order valence-corrected chi connectivity index (χ4v) is 2.07.